The molecule has 6 nitrogen and oxygen atoms in total. The van der Waals surface area contributed by atoms with E-state index in [1.54, 1.807) is 12.1 Å². The Morgan fingerprint density at radius 2 is 2.11 bits per heavy atom. The number of carboxylic acids is 1. The van der Waals surface area contributed by atoms with Gasteiger partial charge in [-0.1, -0.05) is 6.07 Å². The smallest absolute Gasteiger partial charge is 0.337 e. The number of carboxylic acid groups (broad SMARTS) is 1. The molecule has 0 bridgehead atoms. The molecule has 1 aliphatic heterocycles. The fraction of sp³-hybridized carbons (Fsp3) is 0.333. The van der Waals surface area contributed by atoms with Gasteiger partial charge in [-0.3, -0.25) is 4.79 Å². The lowest BCUT2D eigenvalue weighted by molar-refractivity contribution is -0.105. The number of carbonyl (C=O) groups excluding carboxylic acids is 1. The molecule has 0 spiro atoms. The third kappa shape index (κ3) is 2.43. The summed E-state index contributed by atoms with van der Waals surface area (Å²) in [4.78, 5) is 23.8. The number of para-hydroxylation sites is 1. The van der Waals surface area contributed by atoms with Crippen molar-refractivity contribution in [3.8, 4) is 0 Å². The highest BCUT2D eigenvalue weighted by molar-refractivity contribution is 5.99. The molecule has 0 atom stereocenters. The number of hydrogen-bond acceptors (Lipinski definition) is 4. The first-order chi connectivity index (χ1) is 8.74. The molecule has 1 fully saturated rings. The van der Waals surface area contributed by atoms with Crippen molar-refractivity contribution in [2.45, 2.75) is 0 Å². The number of nitrogens with zero attached hydrogens (tertiary/aromatic N) is 1. The fourth-order valence-electron chi connectivity index (χ4n) is 2.02. The monoisotopic (exact) mass is 250 g/mol. The largest absolute Gasteiger partial charge is 0.478 e. The van der Waals surface area contributed by atoms with E-state index in [0.29, 0.717) is 44.1 Å². The van der Waals surface area contributed by atoms with Crippen molar-refractivity contribution < 1.29 is 19.4 Å². The number of aromatic carboxylic acids is 1. The lowest BCUT2D eigenvalue weighted by Gasteiger charge is -2.31. The third-order valence-corrected chi connectivity index (χ3v) is 2.81. The molecule has 1 aromatic rings. The molecule has 18 heavy (non-hydrogen) atoms. The summed E-state index contributed by atoms with van der Waals surface area (Å²) in [5.41, 5.74) is 1.23. The Hall–Kier alpha value is -2.08. The zero-order valence-electron chi connectivity index (χ0n) is 9.76. The molecule has 2 rings (SSSR count). The van der Waals surface area contributed by atoms with Gasteiger partial charge in [0.05, 0.1) is 30.2 Å². The molecule has 96 valence electrons. The maximum Gasteiger partial charge on any atom is 0.337 e. The summed E-state index contributed by atoms with van der Waals surface area (Å²) in [6, 6.07) is 4.83. The van der Waals surface area contributed by atoms with Gasteiger partial charge >= 0.3 is 5.97 Å². The molecular weight excluding hydrogens is 236 g/mol. The first-order valence-electron chi connectivity index (χ1n) is 5.63. The normalized spacial score (nSPS) is 15.2. The number of anilines is 2. The van der Waals surface area contributed by atoms with Crippen LogP contribution in [0.1, 0.15) is 10.4 Å². The van der Waals surface area contributed by atoms with Gasteiger partial charge in [0.2, 0.25) is 6.41 Å². The van der Waals surface area contributed by atoms with E-state index in [1.807, 2.05) is 4.90 Å². The molecule has 1 heterocycles. The quantitative estimate of drug-likeness (QED) is 0.772. The highest BCUT2D eigenvalue weighted by atomic mass is 16.5. The van der Waals surface area contributed by atoms with Crippen molar-refractivity contribution in [1.29, 1.82) is 0 Å². The molecule has 1 aliphatic rings. The Morgan fingerprint density at radius 1 is 1.39 bits per heavy atom. The van der Waals surface area contributed by atoms with Crippen LogP contribution in [0.4, 0.5) is 11.4 Å². The van der Waals surface area contributed by atoms with Crippen molar-refractivity contribution in [3.05, 3.63) is 23.8 Å². The van der Waals surface area contributed by atoms with E-state index in [1.165, 1.54) is 6.07 Å². The maximum absolute atomic E-state index is 11.2. The van der Waals surface area contributed by atoms with Crippen LogP contribution in [0.3, 0.4) is 0 Å². The zero-order valence-corrected chi connectivity index (χ0v) is 9.76. The molecule has 2 N–H and O–H groups in total. The summed E-state index contributed by atoms with van der Waals surface area (Å²) >= 11 is 0. The number of rotatable bonds is 4. The number of nitrogens with one attached hydrogen (secondary N) is 1. The number of amides is 1. The predicted molar refractivity (Wildman–Crippen MR) is 66.1 cm³/mol. The van der Waals surface area contributed by atoms with Crippen LogP contribution < -0.4 is 10.2 Å². The van der Waals surface area contributed by atoms with Crippen LogP contribution in [0.15, 0.2) is 18.2 Å². The van der Waals surface area contributed by atoms with Gasteiger partial charge in [-0.05, 0) is 12.1 Å². The second-order valence-electron chi connectivity index (χ2n) is 3.87. The summed E-state index contributed by atoms with van der Waals surface area (Å²) < 4.78 is 5.24. The van der Waals surface area contributed by atoms with Crippen molar-refractivity contribution in [3.63, 3.8) is 0 Å². The summed E-state index contributed by atoms with van der Waals surface area (Å²) in [7, 11) is 0. The van der Waals surface area contributed by atoms with E-state index in [0.717, 1.165) is 0 Å². The molecule has 0 unspecified atom stereocenters. The SMILES string of the molecule is O=CNc1cccc(C(=O)O)c1N1CCOCC1. The average molecular weight is 250 g/mol. The minimum atomic E-state index is -1.01. The lowest BCUT2D eigenvalue weighted by Crippen LogP contribution is -2.37. The van der Waals surface area contributed by atoms with E-state index in [2.05, 4.69) is 5.32 Å². The van der Waals surface area contributed by atoms with Gasteiger partial charge in [0.15, 0.2) is 0 Å². The van der Waals surface area contributed by atoms with Gasteiger partial charge in [0, 0.05) is 13.1 Å². The second-order valence-corrected chi connectivity index (χ2v) is 3.87. The summed E-state index contributed by atoms with van der Waals surface area (Å²) in [6.45, 7) is 2.32. The Bertz CT molecular complexity index is 455. The Kier molecular flexibility index (Phi) is 3.78. The van der Waals surface area contributed by atoms with Crippen LogP contribution in [-0.2, 0) is 9.53 Å². The topological polar surface area (TPSA) is 78.9 Å². The summed E-state index contributed by atoms with van der Waals surface area (Å²) in [6.07, 6.45) is 0.547. The van der Waals surface area contributed by atoms with Crippen LogP contribution >= 0.6 is 0 Å². The predicted octanol–water partition coefficient (Wildman–Crippen LogP) is 0.790. The minimum absolute atomic E-state index is 0.184. The van der Waals surface area contributed by atoms with E-state index >= 15 is 0 Å². The fourth-order valence-corrected chi connectivity index (χ4v) is 2.02. The van der Waals surface area contributed by atoms with Crippen LogP contribution in [0.25, 0.3) is 0 Å². The minimum Gasteiger partial charge on any atom is -0.478 e. The van der Waals surface area contributed by atoms with Crippen molar-refractivity contribution in [2.75, 3.05) is 36.5 Å². The van der Waals surface area contributed by atoms with E-state index in [4.69, 9.17) is 4.74 Å². The van der Waals surface area contributed by atoms with Gasteiger partial charge in [-0.25, -0.2) is 4.79 Å². The zero-order chi connectivity index (χ0) is 13.0. The molecule has 0 aliphatic carbocycles. The van der Waals surface area contributed by atoms with Crippen molar-refractivity contribution >= 4 is 23.8 Å². The van der Waals surface area contributed by atoms with E-state index < -0.39 is 5.97 Å². The van der Waals surface area contributed by atoms with E-state index in [-0.39, 0.29) is 5.56 Å². The summed E-state index contributed by atoms with van der Waals surface area (Å²) in [5.74, 6) is -1.01. The first kappa shape index (κ1) is 12.4. The highest BCUT2D eigenvalue weighted by Crippen LogP contribution is 2.30. The van der Waals surface area contributed by atoms with Crippen LogP contribution in [0, 0.1) is 0 Å². The third-order valence-electron chi connectivity index (χ3n) is 2.81. The molecule has 6 heteroatoms. The Morgan fingerprint density at radius 3 is 2.72 bits per heavy atom. The average Bonchev–Trinajstić information content (AvgIpc) is 2.40. The number of carbonyl (C=O) groups is 2. The van der Waals surface area contributed by atoms with E-state index in [9.17, 15) is 14.7 Å². The van der Waals surface area contributed by atoms with Crippen LogP contribution in [0.2, 0.25) is 0 Å². The van der Waals surface area contributed by atoms with Gasteiger partial charge in [-0.2, -0.15) is 0 Å². The van der Waals surface area contributed by atoms with Gasteiger partial charge in [0.1, 0.15) is 0 Å². The molecule has 0 saturated carbocycles. The molecular formula is C12H14N2O4. The Balaban J connectivity index is 2.44. The number of hydrogen-bond donors (Lipinski definition) is 2. The lowest BCUT2D eigenvalue weighted by atomic mass is 10.1. The number of benzene rings is 1. The maximum atomic E-state index is 11.2. The molecule has 1 saturated heterocycles. The first-order valence-corrected chi connectivity index (χ1v) is 5.63. The van der Waals surface area contributed by atoms with Crippen LogP contribution in [-0.4, -0.2) is 43.8 Å². The second kappa shape index (κ2) is 5.50. The van der Waals surface area contributed by atoms with Gasteiger partial charge in [0.25, 0.3) is 0 Å². The number of morpholine rings is 1. The molecule has 1 aromatic carbocycles. The van der Waals surface area contributed by atoms with Gasteiger partial charge in [-0.15, -0.1) is 0 Å². The molecule has 0 radical (unpaired) electrons. The summed E-state index contributed by atoms with van der Waals surface area (Å²) in [5, 5.41) is 11.8. The highest BCUT2D eigenvalue weighted by Gasteiger charge is 2.21. The standard InChI is InChI=1S/C12H14N2O4/c15-8-13-10-3-1-2-9(12(16)17)11(10)14-4-6-18-7-5-14/h1-3,8H,4-7H2,(H,13,15)(H,16,17). The number of ether oxygens (including phenoxy) is 1. The van der Waals surface area contributed by atoms with Crippen molar-refractivity contribution in [1.82, 2.24) is 0 Å². The van der Waals surface area contributed by atoms with Crippen LogP contribution in [0.5, 0.6) is 0 Å². The molecule has 0 aromatic heterocycles. The van der Waals surface area contributed by atoms with Gasteiger partial charge < -0.3 is 20.1 Å². The Labute approximate surface area is 104 Å². The molecule has 1 amide bonds. The van der Waals surface area contributed by atoms with Crippen molar-refractivity contribution in [2.24, 2.45) is 0 Å².